The van der Waals surface area contributed by atoms with Crippen molar-refractivity contribution in [2.45, 2.75) is 13.5 Å². The molecular formula is C16H16BrN. The summed E-state index contributed by atoms with van der Waals surface area (Å²) in [7, 11) is 0. The molecule has 0 heterocycles. The lowest BCUT2D eigenvalue weighted by atomic mass is 10.1. The SMILES string of the molecule is C=CN(Cc1ccc(Br)cc1)c1ccccc1C. The summed E-state index contributed by atoms with van der Waals surface area (Å²) >= 11 is 3.45. The topological polar surface area (TPSA) is 3.24 Å². The molecular weight excluding hydrogens is 286 g/mol. The lowest BCUT2D eigenvalue weighted by Gasteiger charge is -2.22. The van der Waals surface area contributed by atoms with Crippen LogP contribution >= 0.6 is 15.9 Å². The van der Waals surface area contributed by atoms with Crippen LogP contribution in [0, 0.1) is 6.92 Å². The maximum Gasteiger partial charge on any atom is 0.0475 e. The van der Waals surface area contributed by atoms with E-state index in [-0.39, 0.29) is 0 Å². The molecule has 18 heavy (non-hydrogen) atoms. The number of aryl methyl sites for hydroxylation is 1. The molecule has 0 atom stereocenters. The zero-order chi connectivity index (χ0) is 13.0. The van der Waals surface area contributed by atoms with E-state index < -0.39 is 0 Å². The van der Waals surface area contributed by atoms with Gasteiger partial charge in [0.15, 0.2) is 0 Å². The molecule has 0 saturated carbocycles. The maximum absolute atomic E-state index is 3.91. The molecule has 0 spiro atoms. The highest BCUT2D eigenvalue weighted by atomic mass is 79.9. The molecule has 2 rings (SSSR count). The van der Waals surface area contributed by atoms with Crippen LogP contribution < -0.4 is 4.90 Å². The minimum atomic E-state index is 0.835. The number of para-hydroxylation sites is 1. The highest BCUT2D eigenvalue weighted by Crippen LogP contribution is 2.22. The Balaban J connectivity index is 2.22. The summed E-state index contributed by atoms with van der Waals surface area (Å²) in [5, 5.41) is 0. The van der Waals surface area contributed by atoms with Crippen LogP contribution in [0.1, 0.15) is 11.1 Å². The van der Waals surface area contributed by atoms with Gasteiger partial charge in [-0.3, -0.25) is 0 Å². The molecule has 0 aliphatic carbocycles. The molecule has 92 valence electrons. The monoisotopic (exact) mass is 301 g/mol. The Labute approximate surface area is 117 Å². The first-order valence-electron chi connectivity index (χ1n) is 5.90. The van der Waals surface area contributed by atoms with E-state index in [4.69, 9.17) is 0 Å². The van der Waals surface area contributed by atoms with E-state index >= 15 is 0 Å². The molecule has 0 radical (unpaired) electrons. The summed E-state index contributed by atoms with van der Waals surface area (Å²) in [5.41, 5.74) is 3.73. The van der Waals surface area contributed by atoms with E-state index in [2.05, 4.69) is 82.9 Å². The average Bonchev–Trinajstić information content (AvgIpc) is 2.39. The standard InChI is InChI=1S/C16H16BrN/c1-3-18(16-7-5-4-6-13(16)2)12-14-8-10-15(17)11-9-14/h3-11H,1,12H2,2H3. The summed E-state index contributed by atoms with van der Waals surface area (Å²) in [6.07, 6.45) is 1.88. The van der Waals surface area contributed by atoms with Gasteiger partial charge in [0, 0.05) is 16.7 Å². The van der Waals surface area contributed by atoms with E-state index in [9.17, 15) is 0 Å². The van der Waals surface area contributed by atoms with Crippen molar-refractivity contribution < 1.29 is 0 Å². The number of hydrogen-bond acceptors (Lipinski definition) is 1. The Bertz CT molecular complexity index is 531. The molecule has 0 unspecified atom stereocenters. The van der Waals surface area contributed by atoms with Crippen molar-refractivity contribution in [3.8, 4) is 0 Å². The highest BCUT2D eigenvalue weighted by Gasteiger charge is 2.06. The van der Waals surface area contributed by atoms with Crippen molar-refractivity contribution in [3.05, 3.63) is 76.9 Å². The Morgan fingerprint density at radius 2 is 1.78 bits per heavy atom. The quantitative estimate of drug-likeness (QED) is 0.776. The molecule has 2 aromatic carbocycles. The summed E-state index contributed by atoms with van der Waals surface area (Å²) in [6, 6.07) is 16.7. The van der Waals surface area contributed by atoms with Gasteiger partial charge in [-0.15, -0.1) is 0 Å². The van der Waals surface area contributed by atoms with Gasteiger partial charge in [0.25, 0.3) is 0 Å². The summed E-state index contributed by atoms with van der Waals surface area (Å²) < 4.78 is 1.10. The van der Waals surface area contributed by atoms with E-state index in [1.54, 1.807) is 0 Å². The molecule has 0 bridgehead atoms. The fourth-order valence-electron chi connectivity index (χ4n) is 1.92. The van der Waals surface area contributed by atoms with Gasteiger partial charge in [-0.25, -0.2) is 0 Å². The van der Waals surface area contributed by atoms with Gasteiger partial charge in [0.2, 0.25) is 0 Å². The molecule has 0 aliphatic heterocycles. The van der Waals surface area contributed by atoms with Gasteiger partial charge in [0.1, 0.15) is 0 Å². The van der Waals surface area contributed by atoms with Crippen molar-refractivity contribution in [1.82, 2.24) is 0 Å². The van der Waals surface area contributed by atoms with Crippen LogP contribution in [0.2, 0.25) is 0 Å². The van der Waals surface area contributed by atoms with E-state index in [1.807, 2.05) is 6.20 Å². The minimum absolute atomic E-state index is 0.835. The van der Waals surface area contributed by atoms with Crippen LogP contribution in [0.15, 0.2) is 65.8 Å². The molecule has 2 aromatic rings. The van der Waals surface area contributed by atoms with Gasteiger partial charge in [-0.1, -0.05) is 52.8 Å². The number of benzene rings is 2. The average molecular weight is 302 g/mol. The largest absolute Gasteiger partial charge is 0.344 e. The van der Waals surface area contributed by atoms with Gasteiger partial charge in [0.05, 0.1) is 0 Å². The van der Waals surface area contributed by atoms with Crippen molar-refractivity contribution in [1.29, 1.82) is 0 Å². The Morgan fingerprint density at radius 1 is 1.11 bits per heavy atom. The van der Waals surface area contributed by atoms with Crippen LogP contribution in [-0.2, 0) is 6.54 Å². The molecule has 0 amide bonds. The number of rotatable bonds is 4. The Hall–Kier alpha value is -1.54. The lowest BCUT2D eigenvalue weighted by Crippen LogP contribution is -2.15. The summed E-state index contributed by atoms with van der Waals surface area (Å²) in [5.74, 6) is 0. The number of nitrogens with zero attached hydrogens (tertiary/aromatic N) is 1. The molecule has 0 fully saturated rings. The third-order valence-corrected chi connectivity index (χ3v) is 3.44. The Kier molecular flexibility index (Phi) is 4.21. The van der Waals surface area contributed by atoms with Gasteiger partial charge in [-0.05, 0) is 42.4 Å². The summed E-state index contributed by atoms with van der Waals surface area (Å²) in [4.78, 5) is 2.17. The second kappa shape index (κ2) is 5.87. The first kappa shape index (κ1) is 12.9. The molecule has 0 saturated heterocycles. The number of halogens is 1. The smallest absolute Gasteiger partial charge is 0.0475 e. The van der Waals surface area contributed by atoms with Crippen LogP contribution in [-0.4, -0.2) is 0 Å². The highest BCUT2D eigenvalue weighted by molar-refractivity contribution is 9.10. The van der Waals surface area contributed by atoms with Crippen LogP contribution in [0.4, 0.5) is 5.69 Å². The van der Waals surface area contributed by atoms with Crippen molar-refractivity contribution >= 4 is 21.6 Å². The normalized spacial score (nSPS) is 10.1. The molecule has 0 N–H and O–H groups in total. The number of hydrogen-bond donors (Lipinski definition) is 0. The van der Waals surface area contributed by atoms with Crippen molar-refractivity contribution in [3.63, 3.8) is 0 Å². The fourth-order valence-corrected chi connectivity index (χ4v) is 2.18. The third-order valence-electron chi connectivity index (χ3n) is 2.91. The second-order valence-corrected chi connectivity index (χ2v) is 5.14. The first-order chi connectivity index (χ1) is 8.70. The van der Waals surface area contributed by atoms with Gasteiger partial charge < -0.3 is 4.90 Å². The van der Waals surface area contributed by atoms with Gasteiger partial charge in [-0.2, -0.15) is 0 Å². The predicted molar refractivity (Wildman–Crippen MR) is 81.7 cm³/mol. The third kappa shape index (κ3) is 3.02. The zero-order valence-electron chi connectivity index (χ0n) is 10.4. The van der Waals surface area contributed by atoms with Gasteiger partial charge >= 0.3 is 0 Å². The predicted octanol–water partition coefficient (Wildman–Crippen LogP) is 4.91. The number of anilines is 1. The van der Waals surface area contributed by atoms with E-state index in [0.717, 1.165) is 11.0 Å². The van der Waals surface area contributed by atoms with Crippen LogP contribution in [0.3, 0.4) is 0 Å². The van der Waals surface area contributed by atoms with Crippen molar-refractivity contribution in [2.75, 3.05) is 4.90 Å². The van der Waals surface area contributed by atoms with Crippen LogP contribution in [0.5, 0.6) is 0 Å². The summed E-state index contributed by atoms with van der Waals surface area (Å²) in [6.45, 7) is 6.86. The zero-order valence-corrected chi connectivity index (χ0v) is 12.0. The fraction of sp³-hybridized carbons (Fsp3) is 0.125. The van der Waals surface area contributed by atoms with Crippen molar-refractivity contribution in [2.24, 2.45) is 0 Å². The minimum Gasteiger partial charge on any atom is -0.344 e. The molecule has 2 heteroatoms. The maximum atomic E-state index is 3.91. The first-order valence-corrected chi connectivity index (χ1v) is 6.69. The molecule has 0 aliphatic rings. The molecule has 0 aromatic heterocycles. The Morgan fingerprint density at radius 3 is 2.39 bits per heavy atom. The van der Waals surface area contributed by atoms with E-state index in [1.165, 1.54) is 16.8 Å². The van der Waals surface area contributed by atoms with Crippen LogP contribution in [0.25, 0.3) is 0 Å². The lowest BCUT2D eigenvalue weighted by molar-refractivity contribution is 0.963. The second-order valence-electron chi connectivity index (χ2n) is 4.22. The van der Waals surface area contributed by atoms with E-state index in [0.29, 0.717) is 0 Å². The molecule has 1 nitrogen and oxygen atoms in total.